The van der Waals surface area contributed by atoms with Crippen molar-refractivity contribution in [1.29, 1.82) is 0 Å². The van der Waals surface area contributed by atoms with Crippen LogP contribution in [-0.2, 0) is 14.3 Å². The third-order valence-corrected chi connectivity index (χ3v) is 12.3. The Bertz CT molecular complexity index is 941. The molecule has 1 saturated heterocycles. The third-order valence-electron chi connectivity index (χ3n) is 12.3. The first-order chi connectivity index (χ1) is 28.5. The molecule has 59 heavy (non-hydrogen) atoms. The summed E-state index contributed by atoms with van der Waals surface area (Å²) in [5.41, 5.74) is 0. The van der Waals surface area contributed by atoms with Crippen molar-refractivity contribution in [2.24, 2.45) is 5.92 Å². The SMILES string of the molecule is CCCCCCCCCCCCCCCCCCCCCC[C@@H](O)C(=O)N[C@@H](CO[C@H]1O[C@H](CO)[C@H](O)[C@H](O)[C@H]1O)[C@H](O)[C@H](O)CCCCCCCCCCCC(C)C. The van der Waals surface area contributed by atoms with Gasteiger partial charge in [-0.3, -0.25) is 4.79 Å². The monoisotopic (exact) mass is 846 g/mol. The Hall–Kier alpha value is -0.890. The first-order valence-corrected chi connectivity index (χ1v) is 24.8. The quantitative estimate of drug-likeness (QED) is 0.0277. The van der Waals surface area contributed by atoms with E-state index in [1.165, 1.54) is 141 Å². The number of rotatable bonds is 41. The molecule has 0 aromatic heterocycles. The summed E-state index contributed by atoms with van der Waals surface area (Å²) < 4.78 is 11.1. The summed E-state index contributed by atoms with van der Waals surface area (Å²) in [4.78, 5) is 13.1. The van der Waals surface area contributed by atoms with Gasteiger partial charge in [-0.05, 0) is 18.8 Å². The van der Waals surface area contributed by atoms with Crippen LogP contribution >= 0.6 is 0 Å². The van der Waals surface area contributed by atoms with Gasteiger partial charge in [-0.1, -0.05) is 213 Å². The van der Waals surface area contributed by atoms with Crippen LogP contribution in [-0.4, -0.2) is 110 Å². The van der Waals surface area contributed by atoms with Crippen LogP contribution in [0.4, 0.5) is 0 Å². The minimum atomic E-state index is -1.66. The Balaban J connectivity index is 2.37. The van der Waals surface area contributed by atoms with Crippen LogP contribution in [0, 0.1) is 5.92 Å². The van der Waals surface area contributed by atoms with E-state index in [0.717, 1.165) is 44.4 Å². The number of nitrogens with one attached hydrogen (secondary N) is 1. The van der Waals surface area contributed by atoms with Gasteiger partial charge in [0.1, 0.15) is 36.6 Å². The highest BCUT2D eigenvalue weighted by Crippen LogP contribution is 2.23. The van der Waals surface area contributed by atoms with E-state index in [1.807, 2.05) is 0 Å². The minimum Gasteiger partial charge on any atom is -0.394 e. The van der Waals surface area contributed by atoms with Crippen molar-refractivity contribution in [3.8, 4) is 0 Å². The maximum atomic E-state index is 13.1. The summed E-state index contributed by atoms with van der Waals surface area (Å²) in [7, 11) is 0. The number of hydrogen-bond donors (Lipinski definition) is 8. The standard InChI is InChI=1S/C48H95NO10/c1-4-5-6-7-8-9-10-11-12-13-14-15-16-17-18-19-22-26-29-32-35-41(52)47(57)49-39(37-58-48-46(56)45(55)44(54)42(36-50)59-48)43(53)40(51)34-31-28-25-23-20-21-24-27-30-33-38(2)3/h38-46,48,50-56H,4-37H2,1-3H3,(H,49,57)/t39-,40+,41+,42+,43-,44-,45-,46+,48-/m0/s1. The molecule has 9 atom stereocenters. The Kier molecular flexibility index (Phi) is 35.8. The van der Waals surface area contributed by atoms with Crippen LogP contribution in [0.25, 0.3) is 0 Å². The van der Waals surface area contributed by atoms with Gasteiger partial charge in [0.15, 0.2) is 6.29 Å². The van der Waals surface area contributed by atoms with Crippen LogP contribution in [0.15, 0.2) is 0 Å². The molecular formula is C48H95NO10. The smallest absolute Gasteiger partial charge is 0.249 e. The van der Waals surface area contributed by atoms with Crippen molar-refractivity contribution in [2.45, 2.75) is 281 Å². The van der Waals surface area contributed by atoms with Crippen molar-refractivity contribution in [2.75, 3.05) is 13.2 Å². The molecule has 8 N–H and O–H groups in total. The molecule has 0 radical (unpaired) electrons. The number of aliphatic hydroxyl groups excluding tert-OH is 7. The Morgan fingerprint density at radius 2 is 0.949 bits per heavy atom. The van der Waals surface area contributed by atoms with Gasteiger partial charge in [-0.2, -0.15) is 0 Å². The number of ether oxygens (including phenoxy) is 2. The third kappa shape index (κ3) is 28.4. The van der Waals surface area contributed by atoms with E-state index in [0.29, 0.717) is 19.3 Å². The zero-order valence-electron chi connectivity index (χ0n) is 38.2. The molecule has 0 aliphatic carbocycles. The van der Waals surface area contributed by atoms with Gasteiger partial charge < -0.3 is 50.5 Å². The zero-order valence-corrected chi connectivity index (χ0v) is 38.2. The molecule has 0 spiro atoms. The second-order valence-corrected chi connectivity index (χ2v) is 18.4. The predicted octanol–water partition coefficient (Wildman–Crippen LogP) is 8.53. The van der Waals surface area contributed by atoms with E-state index in [2.05, 4.69) is 26.1 Å². The molecule has 0 aromatic rings. The largest absolute Gasteiger partial charge is 0.394 e. The minimum absolute atomic E-state index is 0.266. The summed E-state index contributed by atoms with van der Waals surface area (Å²) in [6, 6.07) is -1.16. The number of amides is 1. The highest BCUT2D eigenvalue weighted by Gasteiger charge is 2.44. The van der Waals surface area contributed by atoms with Gasteiger partial charge >= 0.3 is 0 Å². The molecule has 11 nitrogen and oxygen atoms in total. The summed E-state index contributed by atoms with van der Waals surface area (Å²) in [5.74, 6) is 0.0701. The molecule has 0 aromatic carbocycles. The molecule has 1 aliphatic rings. The fourth-order valence-corrected chi connectivity index (χ4v) is 8.21. The highest BCUT2D eigenvalue weighted by molar-refractivity contribution is 5.80. The van der Waals surface area contributed by atoms with E-state index in [9.17, 15) is 40.5 Å². The summed E-state index contributed by atoms with van der Waals surface area (Å²) in [6.07, 6.45) is 25.9. The molecule has 352 valence electrons. The first kappa shape index (κ1) is 56.1. The van der Waals surface area contributed by atoms with Crippen LogP contribution < -0.4 is 5.32 Å². The lowest BCUT2D eigenvalue weighted by Gasteiger charge is -2.40. The van der Waals surface area contributed by atoms with Gasteiger partial charge in [-0.15, -0.1) is 0 Å². The molecule has 1 heterocycles. The Morgan fingerprint density at radius 1 is 0.559 bits per heavy atom. The number of aliphatic hydroxyl groups is 7. The molecule has 0 saturated carbocycles. The Labute approximate surface area is 360 Å². The number of carbonyl (C=O) groups is 1. The fraction of sp³-hybridized carbons (Fsp3) is 0.979. The fourth-order valence-electron chi connectivity index (χ4n) is 8.21. The van der Waals surface area contributed by atoms with Gasteiger partial charge in [0, 0.05) is 0 Å². The normalized spacial score (nSPS) is 21.8. The molecule has 0 unspecified atom stereocenters. The van der Waals surface area contributed by atoms with Crippen LogP contribution in [0.5, 0.6) is 0 Å². The van der Waals surface area contributed by atoms with Crippen LogP contribution in [0.3, 0.4) is 0 Å². The van der Waals surface area contributed by atoms with Crippen molar-refractivity contribution >= 4 is 5.91 Å². The topological polar surface area (TPSA) is 189 Å². The van der Waals surface area contributed by atoms with E-state index in [4.69, 9.17) is 9.47 Å². The van der Waals surface area contributed by atoms with Gasteiger partial charge in [0.05, 0.1) is 25.4 Å². The summed E-state index contributed by atoms with van der Waals surface area (Å²) >= 11 is 0. The first-order valence-electron chi connectivity index (χ1n) is 24.8. The molecule has 1 amide bonds. The van der Waals surface area contributed by atoms with Gasteiger partial charge in [0.25, 0.3) is 0 Å². The molecular weight excluding hydrogens is 751 g/mol. The van der Waals surface area contributed by atoms with Crippen LogP contribution in [0.2, 0.25) is 0 Å². The van der Waals surface area contributed by atoms with E-state index in [-0.39, 0.29) is 6.42 Å². The second-order valence-electron chi connectivity index (χ2n) is 18.4. The average Bonchev–Trinajstić information content (AvgIpc) is 3.22. The van der Waals surface area contributed by atoms with E-state index in [1.54, 1.807) is 0 Å². The Morgan fingerprint density at radius 3 is 1.36 bits per heavy atom. The zero-order chi connectivity index (χ0) is 43.5. The average molecular weight is 846 g/mol. The predicted molar refractivity (Wildman–Crippen MR) is 238 cm³/mol. The van der Waals surface area contributed by atoms with Gasteiger partial charge in [0.2, 0.25) is 5.91 Å². The lowest BCUT2D eigenvalue weighted by molar-refractivity contribution is -0.303. The van der Waals surface area contributed by atoms with E-state index >= 15 is 0 Å². The lowest BCUT2D eigenvalue weighted by atomic mass is 9.98. The maximum Gasteiger partial charge on any atom is 0.249 e. The van der Waals surface area contributed by atoms with Crippen LogP contribution in [0.1, 0.15) is 226 Å². The molecule has 1 aliphatic heterocycles. The summed E-state index contributed by atoms with van der Waals surface area (Å²) in [5, 5.41) is 75.7. The van der Waals surface area contributed by atoms with Crippen molar-refractivity contribution < 1.29 is 50.0 Å². The lowest BCUT2D eigenvalue weighted by Crippen LogP contribution is -2.60. The number of unbranched alkanes of at least 4 members (excludes halogenated alkanes) is 27. The molecule has 11 heteroatoms. The molecule has 0 bridgehead atoms. The van der Waals surface area contributed by atoms with Crippen molar-refractivity contribution in [1.82, 2.24) is 5.32 Å². The second kappa shape index (κ2) is 37.6. The molecule has 1 fully saturated rings. The van der Waals surface area contributed by atoms with Crippen molar-refractivity contribution in [3.63, 3.8) is 0 Å². The van der Waals surface area contributed by atoms with E-state index < -0.39 is 74.2 Å². The maximum absolute atomic E-state index is 13.1. The summed E-state index contributed by atoms with van der Waals surface area (Å²) in [6.45, 7) is 5.75. The number of carbonyl (C=O) groups excluding carboxylic acids is 1. The van der Waals surface area contributed by atoms with Crippen molar-refractivity contribution in [3.05, 3.63) is 0 Å². The van der Waals surface area contributed by atoms with Gasteiger partial charge in [-0.25, -0.2) is 0 Å². The number of hydrogen-bond acceptors (Lipinski definition) is 10. The molecule has 1 rings (SSSR count). The highest BCUT2D eigenvalue weighted by atomic mass is 16.7.